The lowest BCUT2D eigenvalue weighted by Crippen LogP contribution is -2.21. The maximum Gasteiger partial charge on any atom is 0.252 e. The summed E-state index contributed by atoms with van der Waals surface area (Å²) in [5.41, 5.74) is 3.12. The fourth-order valence-electron chi connectivity index (χ4n) is 4.08. The Bertz CT molecular complexity index is 804. The van der Waals surface area contributed by atoms with Gasteiger partial charge in [-0.25, -0.2) is 0 Å². The topological polar surface area (TPSA) is 59.6 Å². The van der Waals surface area contributed by atoms with E-state index in [-0.39, 0.29) is 5.91 Å². The molecule has 0 bridgehead atoms. The molecule has 142 valence electrons. The van der Waals surface area contributed by atoms with Gasteiger partial charge < -0.3 is 20.1 Å². The van der Waals surface area contributed by atoms with Crippen LogP contribution < -0.4 is 20.1 Å². The lowest BCUT2D eigenvalue weighted by molar-refractivity contribution is 0.0965. The summed E-state index contributed by atoms with van der Waals surface area (Å²) in [5, 5.41) is 6.36. The highest BCUT2D eigenvalue weighted by atomic mass is 16.5. The molecule has 0 saturated carbocycles. The average molecular weight is 366 g/mol. The van der Waals surface area contributed by atoms with Crippen molar-refractivity contribution in [3.8, 4) is 11.5 Å². The Labute approximate surface area is 160 Å². The van der Waals surface area contributed by atoms with Crippen LogP contribution in [0.15, 0.2) is 42.5 Å². The van der Waals surface area contributed by atoms with Gasteiger partial charge >= 0.3 is 0 Å². The molecule has 2 aliphatic rings. The van der Waals surface area contributed by atoms with E-state index in [0.717, 1.165) is 48.6 Å². The molecule has 2 aromatic carbocycles. The first-order chi connectivity index (χ1) is 13.2. The highest BCUT2D eigenvalue weighted by Crippen LogP contribution is 2.33. The average Bonchev–Trinajstić information content (AvgIpc) is 2.92. The predicted octanol–water partition coefficient (Wildman–Crippen LogP) is 3.10. The van der Waals surface area contributed by atoms with Crippen molar-refractivity contribution in [2.45, 2.75) is 25.3 Å². The van der Waals surface area contributed by atoms with Gasteiger partial charge in [0.25, 0.3) is 5.91 Å². The molecule has 27 heavy (non-hydrogen) atoms. The first kappa shape index (κ1) is 17.9. The molecular formula is C22H26N2O3. The zero-order valence-corrected chi connectivity index (χ0v) is 15.7. The van der Waals surface area contributed by atoms with Gasteiger partial charge in [0.15, 0.2) is 0 Å². The van der Waals surface area contributed by atoms with Gasteiger partial charge in [-0.3, -0.25) is 4.79 Å². The first-order valence-electron chi connectivity index (χ1n) is 9.63. The van der Waals surface area contributed by atoms with E-state index in [2.05, 4.69) is 22.8 Å². The zero-order valence-electron chi connectivity index (χ0n) is 15.7. The van der Waals surface area contributed by atoms with Crippen molar-refractivity contribution in [2.24, 2.45) is 5.92 Å². The smallest absolute Gasteiger partial charge is 0.252 e. The quantitative estimate of drug-likeness (QED) is 0.854. The SMILES string of the molecule is COc1ccc([C@H]2CCNCC[C@H]2COc2ccc3c(c2)C(=O)NC3)cc1. The second kappa shape index (κ2) is 8.01. The summed E-state index contributed by atoms with van der Waals surface area (Å²) in [5.74, 6) is 2.52. The van der Waals surface area contributed by atoms with E-state index < -0.39 is 0 Å². The summed E-state index contributed by atoms with van der Waals surface area (Å²) >= 11 is 0. The number of hydrogen-bond donors (Lipinski definition) is 2. The summed E-state index contributed by atoms with van der Waals surface area (Å²) in [6, 6.07) is 14.2. The van der Waals surface area contributed by atoms with Crippen molar-refractivity contribution in [3.05, 3.63) is 59.2 Å². The molecule has 0 spiro atoms. The van der Waals surface area contributed by atoms with Crippen LogP contribution >= 0.6 is 0 Å². The largest absolute Gasteiger partial charge is 0.497 e. The number of benzene rings is 2. The highest BCUT2D eigenvalue weighted by molar-refractivity contribution is 5.98. The molecule has 1 saturated heterocycles. The molecule has 4 rings (SSSR count). The van der Waals surface area contributed by atoms with Crippen LogP contribution in [0.25, 0.3) is 0 Å². The summed E-state index contributed by atoms with van der Waals surface area (Å²) in [6.45, 7) is 3.29. The fourth-order valence-corrected chi connectivity index (χ4v) is 4.08. The standard InChI is InChI=1S/C22H26N2O3/c1-26-18-5-2-15(3-6-18)20-9-11-23-10-8-17(20)14-27-19-7-4-16-13-24-22(25)21(16)12-19/h2-7,12,17,20,23H,8-11,13-14H2,1H3,(H,24,25)/t17-,20+/m0/s1. The van der Waals surface area contributed by atoms with Gasteiger partial charge in [-0.15, -0.1) is 0 Å². The Morgan fingerprint density at radius 3 is 2.63 bits per heavy atom. The molecule has 2 heterocycles. The van der Waals surface area contributed by atoms with Gasteiger partial charge in [-0.1, -0.05) is 18.2 Å². The fraction of sp³-hybridized carbons (Fsp3) is 0.409. The molecule has 0 aliphatic carbocycles. The monoisotopic (exact) mass is 366 g/mol. The van der Waals surface area contributed by atoms with Gasteiger partial charge in [0.2, 0.25) is 0 Å². The molecule has 5 nitrogen and oxygen atoms in total. The van der Waals surface area contributed by atoms with Gasteiger partial charge in [-0.05, 0) is 67.2 Å². The van der Waals surface area contributed by atoms with Crippen LogP contribution in [-0.4, -0.2) is 32.7 Å². The minimum atomic E-state index is -0.00905. The van der Waals surface area contributed by atoms with Gasteiger partial charge in [0.1, 0.15) is 11.5 Å². The molecule has 2 aliphatic heterocycles. The maximum absolute atomic E-state index is 11.9. The van der Waals surface area contributed by atoms with E-state index in [0.29, 0.717) is 25.0 Å². The molecule has 2 aromatic rings. The number of rotatable bonds is 5. The third-order valence-corrected chi connectivity index (χ3v) is 5.67. The third-order valence-electron chi connectivity index (χ3n) is 5.67. The van der Waals surface area contributed by atoms with Crippen LogP contribution in [0.3, 0.4) is 0 Å². The van der Waals surface area contributed by atoms with E-state index in [1.165, 1.54) is 5.56 Å². The van der Waals surface area contributed by atoms with Crippen molar-refractivity contribution < 1.29 is 14.3 Å². The number of hydrogen-bond acceptors (Lipinski definition) is 4. The number of nitrogens with one attached hydrogen (secondary N) is 2. The Balaban J connectivity index is 1.48. The van der Waals surface area contributed by atoms with Crippen molar-refractivity contribution in [1.29, 1.82) is 0 Å². The van der Waals surface area contributed by atoms with Crippen molar-refractivity contribution in [3.63, 3.8) is 0 Å². The number of ether oxygens (including phenoxy) is 2. The van der Waals surface area contributed by atoms with Crippen molar-refractivity contribution in [1.82, 2.24) is 10.6 Å². The van der Waals surface area contributed by atoms with E-state index in [1.54, 1.807) is 7.11 Å². The van der Waals surface area contributed by atoms with Crippen molar-refractivity contribution in [2.75, 3.05) is 26.8 Å². The van der Waals surface area contributed by atoms with Crippen LogP contribution in [0.5, 0.6) is 11.5 Å². The van der Waals surface area contributed by atoms with E-state index in [1.807, 2.05) is 30.3 Å². The van der Waals surface area contributed by atoms with Crippen LogP contribution in [0, 0.1) is 5.92 Å². The minimum Gasteiger partial charge on any atom is -0.497 e. The Kier molecular flexibility index (Phi) is 5.30. The van der Waals surface area contributed by atoms with Gasteiger partial charge in [0.05, 0.1) is 13.7 Å². The Morgan fingerprint density at radius 2 is 1.81 bits per heavy atom. The summed E-state index contributed by atoms with van der Waals surface area (Å²) in [7, 11) is 1.69. The summed E-state index contributed by atoms with van der Waals surface area (Å²) < 4.78 is 11.4. The molecule has 5 heteroatoms. The minimum absolute atomic E-state index is 0.00905. The summed E-state index contributed by atoms with van der Waals surface area (Å²) in [4.78, 5) is 11.9. The van der Waals surface area contributed by atoms with Crippen molar-refractivity contribution >= 4 is 5.91 Å². The number of methoxy groups -OCH3 is 1. The number of amides is 1. The third kappa shape index (κ3) is 3.93. The van der Waals surface area contributed by atoms with Crippen LogP contribution in [-0.2, 0) is 6.54 Å². The molecule has 0 unspecified atom stereocenters. The number of fused-ring (bicyclic) bond motifs is 1. The van der Waals surface area contributed by atoms with E-state index >= 15 is 0 Å². The van der Waals surface area contributed by atoms with Gasteiger partial charge in [-0.2, -0.15) is 0 Å². The zero-order chi connectivity index (χ0) is 18.6. The molecule has 2 N–H and O–H groups in total. The second-order valence-corrected chi connectivity index (χ2v) is 7.28. The molecule has 1 amide bonds. The van der Waals surface area contributed by atoms with Gasteiger partial charge in [0, 0.05) is 18.0 Å². The number of carbonyl (C=O) groups excluding carboxylic acids is 1. The molecule has 0 radical (unpaired) electrons. The number of carbonyl (C=O) groups is 1. The first-order valence-corrected chi connectivity index (χ1v) is 9.63. The van der Waals surface area contributed by atoms with E-state index in [4.69, 9.17) is 9.47 Å². The Hall–Kier alpha value is -2.53. The summed E-state index contributed by atoms with van der Waals surface area (Å²) in [6.07, 6.45) is 2.16. The highest BCUT2D eigenvalue weighted by Gasteiger charge is 2.26. The van der Waals surface area contributed by atoms with Crippen LogP contribution in [0.2, 0.25) is 0 Å². The van der Waals surface area contributed by atoms with E-state index in [9.17, 15) is 4.79 Å². The molecule has 2 atom stereocenters. The predicted molar refractivity (Wildman–Crippen MR) is 104 cm³/mol. The maximum atomic E-state index is 11.9. The van der Waals surface area contributed by atoms with Crippen LogP contribution in [0.1, 0.15) is 40.2 Å². The van der Waals surface area contributed by atoms with Crippen LogP contribution in [0.4, 0.5) is 0 Å². The lowest BCUT2D eigenvalue weighted by atomic mass is 9.83. The molecular weight excluding hydrogens is 340 g/mol. The molecule has 1 fully saturated rings. The lowest BCUT2D eigenvalue weighted by Gasteiger charge is -2.25. The molecule has 0 aromatic heterocycles. The Morgan fingerprint density at radius 1 is 1.04 bits per heavy atom. The normalized spacial score (nSPS) is 21.9. The second-order valence-electron chi connectivity index (χ2n) is 7.28.